The molecule has 2 nitrogen and oxygen atoms in total. The summed E-state index contributed by atoms with van der Waals surface area (Å²) in [7, 11) is 0. The molecule has 1 aliphatic rings. The molecule has 1 atom stereocenters. The monoisotopic (exact) mass is 323 g/mol. The number of hydrogen-bond donors (Lipinski definition) is 0. The molecule has 1 fully saturated rings. The normalized spacial score (nSPS) is 20.1. The fourth-order valence-corrected chi connectivity index (χ4v) is 2.37. The zero-order chi connectivity index (χ0) is 12.6. The lowest BCUT2D eigenvalue weighted by Crippen LogP contribution is -2.25. The molecule has 1 saturated heterocycles. The van der Waals surface area contributed by atoms with E-state index < -0.39 is 11.6 Å². The number of halogens is 4. The number of carbonyl (C=O) groups is 1. The van der Waals surface area contributed by atoms with E-state index in [1.807, 2.05) is 0 Å². The van der Waals surface area contributed by atoms with Crippen LogP contribution in [0.1, 0.15) is 6.42 Å². The SMILES string of the molecule is O=C1CC(CCl)CN1c1cc(Br)c(F)cc1F. The first-order chi connectivity index (χ1) is 8.02. The molecular weight excluding hydrogens is 315 g/mol. The predicted molar refractivity (Wildman–Crippen MR) is 65.2 cm³/mol. The molecule has 0 aliphatic carbocycles. The van der Waals surface area contributed by atoms with E-state index in [2.05, 4.69) is 15.9 Å². The van der Waals surface area contributed by atoms with E-state index in [9.17, 15) is 13.6 Å². The first kappa shape index (κ1) is 12.8. The van der Waals surface area contributed by atoms with Crippen LogP contribution in [0.3, 0.4) is 0 Å². The lowest BCUT2D eigenvalue weighted by atomic mass is 10.1. The van der Waals surface area contributed by atoms with Gasteiger partial charge >= 0.3 is 0 Å². The van der Waals surface area contributed by atoms with Crippen molar-refractivity contribution in [2.75, 3.05) is 17.3 Å². The summed E-state index contributed by atoms with van der Waals surface area (Å²) in [6, 6.07) is 2.04. The number of carbonyl (C=O) groups excluding carboxylic acids is 1. The van der Waals surface area contributed by atoms with Crippen LogP contribution in [0.5, 0.6) is 0 Å². The molecule has 92 valence electrons. The molecule has 0 saturated carbocycles. The Labute approximate surface area is 111 Å². The standard InChI is InChI=1S/C11H9BrClF2NO/c12-7-2-10(9(15)3-8(7)14)16-5-6(4-13)1-11(16)17/h2-3,6H,1,4-5H2. The third-order valence-electron chi connectivity index (χ3n) is 2.70. The second-order valence-corrected chi connectivity index (χ2v) is 5.11. The maximum atomic E-state index is 13.6. The quantitative estimate of drug-likeness (QED) is 0.604. The summed E-state index contributed by atoms with van der Waals surface area (Å²) < 4.78 is 26.8. The van der Waals surface area contributed by atoms with Gasteiger partial charge in [-0.2, -0.15) is 0 Å². The van der Waals surface area contributed by atoms with Crippen LogP contribution < -0.4 is 4.90 Å². The van der Waals surface area contributed by atoms with Crippen LogP contribution in [0.25, 0.3) is 0 Å². The predicted octanol–water partition coefficient (Wildman–Crippen LogP) is 3.32. The van der Waals surface area contributed by atoms with Gasteiger partial charge in [0.2, 0.25) is 5.91 Å². The molecule has 1 aliphatic heterocycles. The number of hydrogen-bond acceptors (Lipinski definition) is 1. The Hall–Kier alpha value is -0.680. The van der Waals surface area contributed by atoms with Gasteiger partial charge in [0.15, 0.2) is 0 Å². The molecule has 1 aromatic rings. The second kappa shape index (κ2) is 4.90. The topological polar surface area (TPSA) is 20.3 Å². The third kappa shape index (κ3) is 2.45. The van der Waals surface area contributed by atoms with Crippen molar-refractivity contribution >= 4 is 39.1 Å². The summed E-state index contributed by atoms with van der Waals surface area (Å²) in [6.07, 6.45) is 0.304. The summed E-state index contributed by atoms with van der Waals surface area (Å²) in [5.41, 5.74) is 0.0934. The largest absolute Gasteiger partial charge is 0.309 e. The zero-order valence-corrected chi connectivity index (χ0v) is 11.1. The number of benzene rings is 1. The highest BCUT2D eigenvalue weighted by Crippen LogP contribution is 2.31. The van der Waals surface area contributed by atoms with E-state index >= 15 is 0 Å². The summed E-state index contributed by atoms with van der Waals surface area (Å²) in [5.74, 6) is -1.24. The minimum atomic E-state index is -0.741. The van der Waals surface area contributed by atoms with E-state index in [1.54, 1.807) is 0 Å². The summed E-state index contributed by atoms with van der Waals surface area (Å²) in [4.78, 5) is 13.0. The van der Waals surface area contributed by atoms with Crippen LogP contribution in [-0.2, 0) is 4.79 Å². The van der Waals surface area contributed by atoms with Gasteiger partial charge in [-0.1, -0.05) is 0 Å². The zero-order valence-electron chi connectivity index (χ0n) is 8.72. The highest BCUT2D eigenvalue weighted by Gasteiger charge is 2.31. The Balaban J connectivity index is 2.35. The number of nitrogens with zero attached hydrogens (tertiary/aromatic N) is 1. The van der Waals surface area contributed by atoms with Crippen LogP contribution >= 0.6 is 27.5 Å². The molecule has 0 aromatic heterocycles. The molecule has 1 aromatic carbocycles. The minimum absolute atomic E-state index is 0.0207. The third-order valence-corrected chi connectivity index (χ3v) is 3.75. The van der Waals surface area contributed by atoms with Crippen molar-refractivity contribution in [3.8, 4) is 0 Å². The Bertz CT molecular complexity index is 469. The molecule has 0 bridgehead atoms. The molecule has 0 spiro atoms. The van der Waals surface area contributed by atoms with Crippen LogP contribution in [-0.4, -0.2) is 18.3 Å². The number of alkyl halides is 1. The lowest BCUT2D eigenvalue weighted by Gasteiger charge is -2.17. The van der Waals surface area contributed by atoms with Gasteiger partial charge in [0.05, 0.1) is 10.2 Å². The summed E-state index contributed by atoms with van der Waals surface area (Å²) in [6.45, 7) is 0.372. The lowest BCUT2D eigenvalue weighted by molar-refractivity contribution is -0.117. The summed E-state index contributed by atoms with van der Waals surface area (Å²) in [5, 5.41) is 0. The molecule has 6 heteroatoms. The van der Waals surface area contributed by atoms with E-state index in [0.717, 1.165) is 6.07 Å². The molecule has 1 amide bonds. The Kier molecular flexibility index (Phi) is 3.68. The highest BCUT2D eigenvalue weighted by atomic mass is 79.9. The van der Waals surface area contributed by atoms with E-state index in [-0.39, 0.29) is 22.0 Å². The van der Waals surface area contributed by atoms with Gasteiger partial charge in [0.25, 0.3) is 0 Å². The number of amides is 1. The van der Waals surface area contributed by atoms with E-state index in [4.69, 9.17) is 11.6 Å². The van der Waals surface area contributed by atoms with Crippen molar-refractivity contribution in [3.05, 3.63) is 28.2 Å². The van der Waals surface area contributed by atoms with Crippen LogP contribution in [0.15, 0.2) is 16.6 Å². The van der Waals surface area contributed by atoms with Crippen molar-refractivity contribution in [2.24, 2.45) is 5.92 Å². The smallest absolute Gasteiger partial charge is 0.227 e. The molecule has 1 heterocycles. The van der Waals surface area contributed by atoms with Crippen molar-refractivity contribution in [2.45, 2.75) is 6.42 Å². The van der Waals surface area contributed by atoms with Crippen molar-refractivity contribution in [3.63, 3.8) is 0 Å². The van der Waals surface area contributed by atoms with Gasteiger partial charge in [-0.15, -0.1) is 11.6 Å². The Morgan fingerprint density at radius 2 is 2.12 bits per heavy atom. The maximum absolute atomic E-state index is 13.6. The molecule has 1 unspecified atom stereocenters. The number of anilines is 1. The van der Waals surface area contributed by atoms with Crippen LogP contribution in [0.4, 0.5) is 14.5 Å². The summed E-state index contributed by atoms with van der Waals surface area (Å²) >= 11 is 8.65. The van der Waals surface area contributed by atoms with Crippen molar-refractivity contribution < 1.29 is 13.6 Å². The Morgan fingerprint density at radius 1 is 1.41 bits per heavy atom. The minimum Gasteiger partial charge on any atom is -0.309 e. The fourth-order valence-electron chi connectivity index (χ4n) is 1.84. The Morgan fingerprint density at radius 3 is 2.71 bits per heavy atom. The van der Waals surface area contributed by atoms with E-state index in [1.165, 1.54) is 11.0 Å². The number of rotatable bonds is 2. The van der Waals surface area contributed by atoms with Crippen LogP contribution in [0, 0.1) is 17.6 Å². The van der Waals surface area contributed by atoms with Crippen LogP contribution in [0.2, 0.25) is 0 Å². The van der Waals surface area contributed by atoms with Gasteiger partial charge < -0.3 is 4.90 Å². The average molecular weight is 325 g/mol. The van der Waals surface area contributed by atoms with E-state index in [0.29, 0.717) is 18.8 Å². The molecule has 0 N–H and O–H groups in total. The molecule has 17 heavy (non-hydrogen) atoms. The van der Waals surface area contributed by atoms with Gasteiger partial charge in [-0.05, 0) is 27.9 Å². The first-order valence-corrected chi connectivity index (χ1v) is 6.36. The van der Waals surface area contributed by atoms with Crippen molar-refractivity contribution in [1.82, 2.24) is 0 Å². The highest BCUT2D eigenvalue weighted by molar-refractivity contribution is 9.10. The maximum Gasteiger partial charge on any atom is 0.227 e. The second-order valence-electron chi connectivity index (χ2n) is 3.95. The van der Waals surface area contributed by atoms with Gasteiger partial charge in [-0.25, -0.2) is 8.78 Å². The van der Waals surface area contributed by atoms with Gasteiger partial charge in [0, 0.05) is 24.9 Å². The molecule has 2 rings (SSSR count). The van der Waals surface area contributed by atoms with Gasteiger partial charge in [-0.3, -0.25) is 4.79 Å². The first-order valence-electron chi connectivity index (χ1n) is 5.03. The molecule has 0 radical (unpaired) electrons. The fraction of sp³-hybridized carbons (Fsp3) is 0.364. The van der Waals surface area contributed by atoms with Gasteiger partial charge in [0.1, 0.15) is 11.6 Å². The molecular formula is C11H9BrClF2NO. The van der Waals surface area contributed by atoms with Crippen molar-refractivity contribution in [1.29, 1.82) is 0 Å². The average Bonchev–Trinajstić information content (AvgIpc) is 2.65.